The monoisotopic (exact) mass is 868 g/mol. The van der Waals surface area contributed by atoms with E-state index in [1.807, 2.05) is 112 Å². The average Bonchev–Trinajstić information content (AvgIpc) is 3.33. The minimum atomic E-state index is -0.0854. The molecule has 0 saturated carbocycles. The van der Waals surface area contributed by atoms with Crippen LogP contribution in [0.25, 0.3) is 27.4 Å². The van der Waals surface area contributed by atoms with Crippen molar-refractivity contribution in [2.24, 2.45) is 5.92 Å². The van der Waals surface area contributed by atoms with E-state index >= 15 is 9.59 Å². The molecular formula is C55H60N6O4. The molecule has 0 aliphatic carbocycles. The van der Waals surface area contributed by atoms with Gasteiger partial charge in [-0.15, -0.1) is 0 Å². The molecule has 2 amide bonds. The fraction of sp³-hybridized carbons (Fsp3) is 0.382. The molecule has 6 aromatic rings. The Bertz CT molecular complexity index is 3010. The quantitative estimate of drug-likeness (QED) is 0.152. The number of aryl methyl sites for hydroxylation is 3. The zero-order chi connectivity index (χ0) is 44.9. The van der Waals surface area contributed by atoms with Crippen molar-refractivity contribution in [3.63, 3.8) is 0 Å². The molecule has 6 heterocycles. The number of aromatic nitrogens is 2. The number of fused-ring (bicyclic) bond motifs is 4. The van der Waals surface area contributed by atoms with Crippen LogP contribution in [-0.2, 0) is 32.4 Å². The van der Waals surface area contributed by atoms with Crippen LogP contribution in [0, 0.1) is 5.92 Å². The van der Waals surface area contributed by atoms with Crippen LogP contribution >= 0.6 is 0 Å². The molecule has 65 heavy (non-hydrogen) atoms. The average molecular weight is 869 g/mol. The van der Waals surface area contributed by atoms with Crippen LogP contribution < -0.4 is 20.9 Å². The van der Waals surface area contributed by atoms with E-state index in [2.05, 4.69) is 42.1 Å². The minimum Gasteiger partial charge on any atom is -0.309 e. The van der Waals surface area contributed by atoms with Gasteiger partial charge in [0.2, 0.25) is 0 Å². The highest BCUT2D eigenvalue weighted by atomic mass is 16.2. The Morgan fingerprint density at radius 3 is 2.00 bits per heavy atom. The first-order valence-electron chi connectivity index (χ1n) is 23.8. The number of likely N-dealkylation sites (N-methyl/N-ethyl adjacent to an activating group) is 1. The lowest BCUT2D eigenvalue weighted by Crippen LogP contribution is -2.41. The van der Waals surface area contributed by atoms with Gasteiger partial charge in [-0.1, -0.05) is 42.5 Å². The van der Waals surface area contributed by atoms with Crippen LogP contribution in [0.15, 0.2) is 107 Å². The number of benzene rings is 4. The third-order valence-corrected chi connectivity index (χ3v) is 14.8. The second-order valence-corrected chi connectivity index (χ2v) is 18.9. The largest absolute Gasteiger partial charge is 0.309 e. The molecule has 4 aliphatic rings. The van der Waals surface area contributed by atoms with Crippen LogP contribution in [0.1, 0.15) is 94.0 Å². The Kier molecular flexibility index (Phi) is 11.7. The summed E-state index contributed by atoms with van der Waals surface area (Å²) in [6, 6.07) is 30.0. The van der Waals surface area contributed by atoms with Crippen LogP contribution in [0.5, 0.6) is 0 Å². The number of nitrogens with zero attached hydrogens (tertiary/aromatic N) is 6. The summed E-state index contributed by atoms with van der Waals surface area (Å²) in [5.41, 5.74) is 10.9. The van der Waals surface area contributed by atoms with E-state index < -0.39 is 0 Å². The van der Waals surface area contributed by atoms with Crippen molar-refractivity contribution in [3.8, 4) is 0 Å². The molecule has 10 nitrogen and oxygen atoms in total. The highest BCUT2D eigenvalue weighted by Crippen LogP contribution is 2.38. The molecule has 0 N–H and O–H groups in total. The zero-order valence-corrected chi connectivity index (χ0v) is 38.3. The van der Waals surface area contributed by atoms with Crippen LogP contribution in [0.4, 0.5) is 11.4 Å². The van der Waals surface area contributed by atoms with Crippen molar-refractivity contribution in [2.45, 2.75) is 77.8 Å². The lowest BCUT2D eigenvalue weighted by molar-refractivity contribution is 0.0974. The summed E-state index contributed by atoms with van der Waals surface area (Å²) in [4.78, 5) is 66.5. The molecule has 4 aliphatic heterocycles. The van der Waals surface area contributed by atoms with Gasteiger partial charge >= 0.3 is 0 Å². The Morgan fingerprint density at radius 1 is 0.662 bits per heavy atom. The fourth-order valence-electron chi connectivity index (χ4n) is 11.4. The number of hydrogen-bond acceptors (Lipinski definition) is 6. The van der Waals surface area contributed by atoms with Gasteiger partial charge in [0.1, 0.15) is 0 Å². The topological polar surface area (TPSA) is 91.1 Å². The molecule has 2 aromatic heterocycles. The minimum absolute atomic E-state index is 0.00242. The van der Waals surface area contributed by atoms with Gasteiger partial charge in [-0.25, -0.2) is 0 Å². The molecule has 10 rings (SSSR count). The number of rotatable bonds is 8. The fourth-order valence-corrected chi connectivity index (χ4v) is 11.4. The number of carbonyl (C=O) groups excluding carboxylic acids is 2. The SMILES string of the molecule is CCn1c(=O)cc(C2CCN(C)CC2)c2cc(C(=O)N3C[C@@H](Cc4c(C5=CCN(C)CC5)c5cc(C(=O)N6CCCc7ccccc76)ccc5n(CC)c4=O)Cc4ccccc43)ccc21. The highest BCUT2D eigenvalue weighted by molar-refractivity contribution is 6.10. The zero-order valence-electron chi connectivity index (χ0n) is 38.3. The molecule has 0 spiro atoms. The van der Waals surface area contributed by atoms with E-state index in [1.165, 1.54) is 5.56 Å². The van der Waals surface area contributed by atoms with Crippen LogP contribution in [0.2, 0.25) is 0 Å². The van der Waals surface area contributed by atoms with Gasteiger partial charge in [0.15, 0.2) is 0 Å². The summed E-state index contributed by atoms with van der Waals surface area (Å²) in [6.45, 7) is 9.73. The number of anilines is 2. The molecule has 1 fully saturated rings. The van der Waals surface area contributed by atoms with Gasteiger partial charge in [-0.3, -0.25) is 19.2 Å². The lowest BCUT2D eigenvalue weighted by atomic mass is 9.83. The lowest BCUT2D eigenvalue weighted by Gasteiger charge is -2.35. The van der Waals surface area contributed by atoms with E-state index in [0.29, 0.717) is 43.7 Å². The van der Waals surface area contributed by atoms with Crippen molar-refractivity contribution >= 4 is 50.6 Å². The molecular weight excluding hydrogens is 809 g/mol. The van der Waals surface area contributed by atoms with Crippen LogP contribution in [-0.4, -0.2) is 84.1 Å². The van der Waals surface area contributed by atoms with Crippen molar-refractivity contribution in [3.05, 3.63) is 157 Å². The predicted octanol–water partition coefficient (Wildman–Crippen LogP) is 8.54. The number of likely N-dealkylation sites (tertiary alicyclic amines) is 1. The maximum absolute atomic E-state index is 15.1. The molecule has 0 bridgehead atoms. The summed E-state index contributed by atoms with van der Waals surface area (Å²) in [5, 5.41) is 1.91. The van der Waals surface area contributed by atoms with Gasteiger partial charge < -0.3 is 28.7 Å². The first-order valence-corrected chi connectivity index (χ1v) is 23.8. The molecule has 0 unspecified atom stereocenters. The number of para-hydroxylation sites is 2. The second-order valence-electron chi connectivity index (χ2n) is 18.9. The van der Waals surface area contributed by atoms with Gasteiger partial charge in [-0.2, -0.15) is 0 Å². The van der Waals surface area contributed by atoms with Crippen molar-refractivity contribution < 1.29 is 9.59 Å². The number of hydrogen-bond donors (Lipinski definition) is 0. The third-order valence-electron chi connectivity index (χ3n) is 14.8. The first kappa shape index (κ1) is 42.8. The van der Waals surface area contributed by atoms with E-state index in [0.717, 1.165) is 126 Å². The van der Waals surface area contributed by atoms with Gasteiger partial charge in [-0.05, 0) is 174 Å². The Balaban J connectivity index is 1.05. The Hall–Kier alpha value is -6.10. The number of carbonyl (C=O) groups is 2. The molecule has 1 atom stereocenters. The number of pyridine rings is 2. The highest BCUT2D eigenvalue weighted by Gasteiger charge is 2.33. The van der Waals surface area contributed by atoms with Crippen molar-refractivity contribution in [1.29, 1.82) is 0 Å². The van der Waals surface area contributed by atoms with E-state index in [4.69, 9.17) is 0 Å². The molecule has 334 valence electrons. The van der Waals surface area contributed by atoms with E-state index in [9.17, 15) is 9.59 Å². The summed E-state index contributed by atoms with van der Waals surface area (Å²) in [7, 11) is 4.26. The third kappa shape index (κ3) is 7.84. The number of amides is 2. The normalized spacial score (nSPS) is 18.5. The predicted molar refractivity (Wildman–Crippen MR) is 263 cm³/mol. The van der Waals surface area contributed by atoms with Gasteiger partial charge in [0, 0.05) is 84.2 Å². The number of piperidine rings is 1. The molecule has 10 heteroatoms. The summed E-state index contributed by atoms with van der Waals surface area (Å²) in [6.07, 6.45) is 8.05. The maximum Gasteiger partial charge on any atom is 0.258 e. The van der Waals surface area contributed by atoms with E-state index in [1.54, 1.807) is 0 Å². The second kappa shape index (κ2) is 17.7. The summed E-state index contributed by atoms with van der Waals surface area (Å²) >= 11 is 0. The molecule has 0 radical (unpaired) electrons. The maximum atomic E-state index is 15.1. The summed E-state index contributed by atoms with van der Waals surface area (Å²) in [5.74, 6) is 0.0845. The Labute approximate surface area is 381 Å². The smallest absolute Gasteiger partial charge is 0.258 e. The summed E-state index contributed by atoms with van der Waals surface area (Å²) < 4.78 is 3.69. The first-order chi connectivity index (χ1) is 31.6. The standard InChI is InChI=1S/C55H60N6O4/c1-5-58-49-19-17-41(32-44(49)43(34-51(58)62)37-21-26-56(3)27-22-37)54(64)61-35-36(30-40-13-8-10-16-48(40)61)31-46-52(39-23-28-57(4)29-24-39)45-33-42(18-20-50(45)59(6-2)55(46)65)53(63)60-25-11-14-38-12-7-9-15-47(38)60/h7-10,12-13,15-20,23,32-34,36-37H,5-6,11,14,21-22,24-31,35H2,1-4H3/t36-/m1/s1. The molecule has 4 aromatic carbocycles. The Morgan fingerprint density at radius 2 is 1.31 bits per heavy atom. The molecule has 1 saturated heterocycles. The van der Waals surface area contributed by atoms with Gasteiger partial charge in [0.05, 0.1) is 11.0 Å². The van der Waals surface area contributed by atoms with E-state index in [-0.39, 0.29) is 34.8 Å². The van der Waals surface area contributed by atoms with Crippen molar-refractivity contribution in [2.75, 3.05) is 63.2 Å². The van der Waals surface area contributed by atoms with Gasteiger partial charge in [0.25, 0.3) is 22.9 Å². The van der Waals surface area contributed by atoms with Crippen LogP contribution in [0.3, 0.4) is 0 Å². The van der Waals surface area contributed by atoms with Crippen molar-refractivity contribution in [1.82, 2.24) is 18.9 Å².